The summed E-state index contributed by atoms with van der Waals surface area (Å²) in [5.74, 6) is 0.996. The molecule has 0 saturated carbocycles. The molecule has 2 aromatic carbocycles. The Morgan fingerprint density at radius 3 is 2.22 bits per heavy atom. The fourth-order valence-electron chi connectivity index (χ4n) is 2.37. The van der Waals surface area contributed by atoms with Gasteiger partial charge >= 0.3 is 0 Å². The average Bonchev–Trinajstić information content (AvgIpc) is 3.07. The van der Waals surface area contributed by atoms with Gasteiger partial charge in [-0.1, -0.05) is 35.3 Å². The molecule has 1 heterocycles. The normalized spacial score (nSPS) is 12.1. The topological polar surface area (TPSA) is 27.1 Å². The monoisotopic (exact) mass is 346 g/mol. The van der Waals surface area contributed by atoms with Gasteiger partial charge in [0.15, 0.2) is 0 Å². The van der Waals surface area contributed by atoms with Crippen molar-refractivity contribution < 1.29 is 4.74 Å². The highest BCUT2D eigenvalue weighted by molar-refractivity contribution is 6.30. The van der Waals surface area contributed by atoms with Crippen molar-refractivity contribution in [2.75, 3.05) is 6.61 Å². The smallest absolute Gasteiger partial charge is 0.119 e. The second-order valence-electron chi connectivity index (χ2n) is 5.27. The molecule has 1 atom stereocenters. The van der Waals surface area contributed by atoms with Crippen molar-refractivity contribution in [3.8, 4) is 5.75 Å². The molecule has 0 spiro atoms. The van der Waals surface area contributed by atoms with Crippen LogP contribution in [0.4, 0.5) is 0 Å². The molecule has 0 radical (unpaired) electrons. The second kappa shape index (κ2) is 7.53. The van der Waals surface area contributed by atoms with E-state index in [1.165, 1.54) is 5.56 Å². The van der Waals surface area contributed by atoms with Gasteiger partial charge < -0.3 is 9.30 Å². The summed E-state index contributed by atoms with van der Waals surface area (Å²) in [6.45, 7) is 1.34. The van der Waals surface area contributed by atoms with Crippen LogP contribution in [0.25, 0.3) is 0 Å². The van der Waals surface area contributed by atoms with Crippen LogP contribution in [0.15, 0.2) is 67.3 Å². The van der Waals surface area contributed by atoms with Gasteiger partial charge in [0.2, 0.25) is 0 Å². The molecule has 5 heteroatoms. The number of hydrogen-bond acceptors (Lipinski definition) is 2. The predicted octanol–water partition coefficient (Wildman–Crippen LogP) is 5.05. The van der Waals surface area contributed by atoms with E-state index in [1.54, 1.807) is 6.20 Å². The van der Waals surface area contributed by atoms with Gasteiger partial charge in [-0.15, -0.1) is 0 Å². The second-order valence-corrected chi connectivity index (χ2v) is 6.15. The van der Waals surface area contributed by atoms with Crippen molar-refractivity contribution in [1.82, 2.24) is 9.55 Å². The van der Waals surface area contributed by atoms with Gasteiger partial charge in [0, 0.05) is 34.9 Å². The summed E-state index contributed by atoms with van der Waals surface area (Å²) in [5.41, 5.74) is 1.18. The molecule has 0 aliphatic rings. The van der Waals surface area contributed by atoms with E-state index in [1.807, 2.05) is 65.6 Å². The van der Waals surface area contributed by atoms with Gasteiger partial charge in [0.25, 0.3) is 0 Å². The number of halogens is 2. The number of nitrogens with zero attached hydrogens (tertiary/aromatic N) is 2. The summed E-state index contributed by atoms with van der Waals surface area (Å²) < 4.78 is 7.98. The van der Waals surface area contributed by atoms with Crippen molar-refractivity contribution in [3.63, 3.8) is 0 Å². The molecular formula is C18H16Cl2N2O. The molecule has 3 nitrogen and oxygen atoms in total. The van der Waals surface area contributed by atoms with E-state index < -0.39 is 0 Å². The highest BCUT2D eigenvalue weighted by Crippen LogP contribution is 2.23. The van der Waals surface area contributed by atoms with Crippen molar-refractivity contribution in [2.45, 2.75) is 12.5 Å². The predicted molar refractivity (Wildman–Crippen MR) is 93.4 cm³/mol. The Kier molecular flexibility index (Phi) is 5.21. The Hall–Kier alpha value is -1.97. The molecule has 0 amide bonds. The molecule has 0 aliphatic carbocycles. The quantitative estimate of drug-likeness (QED) is 0.624. The summed E-state index contributed by atoms with van der Waals surface area (Å²) in [6.07, 6.45) is 5.54. The zero-order valence-corrected chi connectivity index (χ0v) is 13.9. The van der Waals surface area contributed by atoms with Crippen LogP contribution in [0.5, 0.6) is 5.75 Å². The van der Waals surface area contributed by atoms with Crippen LogP contribution in [-0.2, 0) is 6.54 Å². The third-order valence-electron chi connectivity index (χ3n) is 3.60. The zero-order valence-electron chi connectivity index (χ0n) is 12.4. The van der Waals surface area contributed by atoms with Crippen LogP contribution >= 0.6 is 23.2 Å². The van der Waals surface area contributed by atoms with Crippen molar-refractivity contribution in [2.24, 2.45) is 0 Å². The fraction of sp³-hybridized carbons (Fsp3) is 0.167. The summed E-state index contributed by atoms with van der Waals surface area (Å²) in [4.78, 5) is 4.10. The average molecular weight is 347 g/mol. The molecule has 3 rings (SSSR count). The lowest BCUT2D eigenvalue weighted by atomic mass is 10.00. The Morgan fingerprint density at radius 1 is 0.957 bits per heavy atom. The van der Waals surface area contributed by atoms with E-state index in [0.717, 1.165) is 17.3 Å². The molecule has 0 unspecified atom stereocenters. The van der Waals surface area contributed by atoms with E-state index in [4.69, 9.17) is 27.9 Å². The Balaban J connectivity index is 1.74. The molecule has 23 heavy (non-hydrogen) atoms. The maximum Gasteiger partial charge on any atom is 0.119 e. The number of aromatic nitrogens is 2. The maximum atomic E-state index is 5.99. The minimum absolute atomic E-state index is 0.192. The largest absolute Gasteiger partial charge is 0.493 e. The molecule has 3 aromatic rings. The van der Waals surface area contributed by atoms with Gasteiger partial charge in [-0.2, -0.15) is 0 Å². The highest BCUT2D eigenvalue weighted by atomic mass is 35.5. The Morgan fingerprint density at radius 2 is 1.61 bits per heavy atom. The van der Waals surface area contributed by atoms with E-state index in [2.05, 4.69) is 4.98 Å². The first-order chi connectivity index (χ1) is 11.2. The standard InChI is InChI=1S/C18H16Cl2N2O/c19-16-3-1-14(2-4-16)15(11-22-10-9-21-13-22)12-23-18-7-5-17(20)6-8-18/h1-10,13,15H,11-12H2/t15-/m0/s1. The van der Waals surface area contributed by atoms with Crippen LogP contribution in [0.1, 0.15) is 11.5 Å². The number of ether oxygens (including phenoxy) is 1. The van der Waals surface area contributed by atoms with Crippen molar-refractivity contribution in [1.29, 1.82) is 0 Å². The van der Waals surface area contributed by atoms with E-state index >= 15 is 0 Å². The zero-order chi connectivity index (χ0) is 16.1. The number of rotatable bonds is 6. The maximum absolute atomic E-state index is 5.99. The molecular weight excluding hydrogens is 331 g/mol. The van der Waals surface area contributed by atoms with E-state index in [0.29, 0.717) is 11.6 Å². The van der Waals surface area contributed by atoms with E-state index in [9.17, 15) is 0 Å². The van der Waals surface area contributed by atoms with Gasteiger partial charge in [0.05, 0.1) is 12.9 Å². The Bertz CT molecular complexity index is 725. The lowest BCUT2D eigenvalue weighted by Gasteiger charge is -2.19. The van der Waals surface area contributed by atoms with Gasteiger partial charge in [-0.05, 0) is 42.0 Å². The highest BCUT2D eigenvalue weighted by Gasteiger charge is 2.14. The van der Waals surface area contributed by atoms with Crippen LogP contribution in [0.3, 0.4) is 0 Å². The van der Waals surface area contributed by atoms with Crippen LogP contribution in [0.2, 0.25) is 10.0 Å². The molecule has 1 aromatic heterocycles. The lowest BCUT2D eigenvalue weighted by molar-refractivity contribution is 0.275. The molecule has 118 valence electrons. The Labute approximate surface area is 145 Å². The molecule has 0 aliphatic heterocycles. The van der Waals surface area contributed by atoms with Crippen LogP contribution in [0, 0.1) is 0 Å². The first-order valence-corrected chi connectivity index (χ1v) is 8.06. The van der Waals surface area contributed by atoms with Gasteiger partial charge in [0.1, 0.15) is 5.75 Å². The van der Waals surface area contributed by atoms with Crippen LogP contribution < -0.4 is 4.74 Å². The number of hydrogen-bond donors (Lipinski definition) is 0. The number of benzene rings is 2. The number of imidazole rings is 1. The van der Waals surface area contributed by atoms with Gasteiger partial charge in [-0.3, -0.25) is 0 Å². The first kappa shape index (κ1) is 15.9. The first-order valence-electron chi connectivity index (χ1n) is 7.30. The molecule has 0 N–H and O–H groups in total. The molecule has 0 bridgehead atoms. The van der Waals surface area contributed by atoms with Gasteiger partial charge in [-0.25, -0.2) is 4.98 Å². The van der Waals surface area contributed by atoms with Crippen LogP contribution in [-0.4, -0.2) is 16.2 Å². The summed E-state index contributed by atoms with van der Waals surface area (Å²) in [5, 5.41) is 1.43. The SMILES string of the molecule is Clc1ccc(OC[C@H](Cn2ccnc2)c2ccc(Cl)cc2)cc1. The lowest BCUT2D eigenvalue weighted by Crippen LogP contribution is -2.16. The minimum atomic E-state index is 0.192. The third-order valence-corrected chi connectivity index (χ3v) is 4.10. The molecule has 0 saturated heterocycles. The molecule has 0 fully saturated rings. The summed E-state index contributed by atoms with van der Waals surface area (Å²) in [6, 6.07) is 15.3. The van der Waals surface area contributed by atoms with E-state index in [-0.39, 0.29) is 5.92 Å². The van der Waals surface area contributed by atoms with Crippen molar-refractivity contribution in [3.05, 3.63) is 82.9 Å². The fourth-order valence-corrected chi connectivity index (χ4v) is 2.62. The summed E-state index contributed by atoms with van der Waals surface area (Å²) in [7, 11) is 0. The summed E-state index contributed by atoms with van der Waals surface area (Å²) >= 11 is 11.9. The van der Waals surface area contributed by atoms with Crippen molar-refractivity contribution >= 4 is 23.2 Å². The third kappa shape index (κ3) is 4.50. The minimum Gasteiger partial charge on any atom is -0.493 e.